The molecule has 0 fully saturated rings. The molecule has 8 rings (SSSR count). The lowest BCUT2D eigenvalue weighted by molar-refractivity contribution is 0.202. The van der Waals surface area contributed by atoms with Crippen LogP contribution in [-0.2, 0) is 11.8 Å². The molecule has 0 saturated heterocycles. The number of ether oxygens (including phenoxy) is 1. The third-order valence-corrected chi connectivity index (χ3v) is 9.25. The van der Waals surface area contributed by atoms with Crippen molar-refractivity contribution in [3.05, 3.63) is 168 Å². The quantitative estimate of drug-likeness (QED) is 0.216. The van der Waals surface area contributed by atoms with Gasteiger partial charge in [0.2, 0.25) is 0 Å². The van der Waals surface area contributed by atoms with Gasteiger partial charge in [0.05, 0.1) is 6.61 Å². The van der Waals surface area contributed by atoms with Crippen molar-refractivity contribution >= 4 is 38.4 Å². The molecule has 0 bridgehead atoms. The molecular formula is C42H32O2. The second kappa shape index (κ2) is 10.8. The molecular weight excluding hydrogens is 536 g/mol. The topological polar surface area (TPSA) is 29.5 Å². The SMILES string of the molecule is OCCOc1ccc2ccccc2c1-c1cccc2c1C=CC(c1cccc3ccccc13)(c1cccc3ccccc13)C2. The highest BCUT2D eigenvalue weighted by atomic mass is 16.5. The summed E-state index contributed by atoms with van der Waals surface area (Å²) in [5, 5.41) is 16.9. The van der Waals surface area contributed by atoms with E-state index in [1.807, 2.05) is 6.07 Å². The van der Waals surface area contributed by atoms with Gasteiger partial charge < -0.3 is 9.84 Å². The third kappa shape index (κ3) is 4.22. The van der Waals surface area contributed by atoms with Crippen LogP contribution in [0.1, 0.15) is 22.3 Å². The first-order valence-corrected chi connectivity index (χ1v) is 15.3. The van der Waals surface area contributed by atoms with Crippen LogP contribution in [0.2, 0.25) is 0 Å². The maximum Gasteiger partial charge on any atom is 0.127 e. The van der Waals surface area contributed by atoms with E-state index in [0.717, 1.165) is 34.1 Å². The Morgan fingerprint density at radius 2 is 1.14 bits per heavy atom. The number of benzene rings is 7. The van der Waals surface area contributed by atoms with Crippen LogP contribution in [0.15, 0.2) is 146 Å². The van der Waals surface area contributed by atoms with Crippen LogP contribution >= 0.6 is 0 Å². The summed E-state index contributed by atoms with van der Waals surface area (Å²) < 4.78 is 6.14. The van der Waals surface area contributed by atoms with Crippen molar-refractivity contribution in [2.45, 2.75) is 11.8 Å². The molecule has 1 N–H and O–H groups in total. The minimum Gasteiger partial charge on any atom is -0.491 e. The van der Waals surface area contributed by atoms with Crippen LogP contribution in [0.4, 0.5) is 0 Å². The average molecular weight is 569 g/mol. The fourth-order valence-corrected chi connectivity index (χ4v) is 7.32. The van der Waals surface area contributed by atoms with Gasteiger partial charge in [-0.2, -0.15) is 0 Å². The third-order valence-electron chi connectivity index (χ3n) is 9.25. The van der Waals surface area contributed by atoms with Crippen LogP contribution in [-0.4, -0.2) is 18.3 Å². The molecule has 0 saturated carbocycles. The lowest BCUT2D eigenvalue weighted by atomic mass is 9.65. The fourth-order valence-electron chi connectivity index (χ4n) is 7.32. The molecule has 0 unspecified atom stereocenters. The van der Waals surface area contributed by atoms with Gasteiger partial charge in [0, 0.05) is 11.0 Å². The first kappa shape index (κ1) is 26.4. The van der Waals surface area contributed by atoms with Crippen molar-refractivity contribution in [3.8, 4) is 16.9 Å². The Morgan fingerprint density at radius 1 is 0.568 bits per heavy atom. The summed E-state index contributed by atoms with van der Waals surface area (Å²) in [5.41, 5.74) is 6.99. The normalized spacial score (nSPS) is 13.8. The van der Waals surface area contributed by atoms with E-state index in [9.17, 15) is 5.11 Å². The summed E-state index contributed by atoms with van der Waals surface area (Å²) in [6, 6.07) is 50.2. The van der Waals surface area contributed by atoms with E-state index >= 15 is 0 Å². The summed E-state index contributed by atoms with van der Waals surface area (Å²) in [6.45, 7) is 0.221. The predicted molar refractivity (Wildman–Crippen MR) is 183 cm³/mol. The van der Waals surface area contributed by atoms with Crippen molar-refractivity contribution in [3.63, 3.8) is 0 Å². The van der Waals surface area contributed by atoms with Crippen molar-refractivity contribution in [2.24, 2.45) is 0 Å². The summed E-state index contributed by atoms with van der Waals surface area (Å²) in [4.78, 5) is 0. The molecule has 7 aromatic carbocycles. The Bertz CT molecular complexity index is 2120. The molecule has 0 heterocycles. The number of rotatable bonds is 6. The van der Waals surface area contributed by atoms with Crippen molar-refractivity contribution in [1.82, 2.24) is 0 Å². The van der Waals surface area contributed by atoms with Crippen LogP contribution < -0.4 is 4.74 Å². The Balaban J connectivity index is 1.40. The second-order valence-electron chi connectivity index (χ2n) is 11.6. The zero-order chi connectivity index (χ0) is 29.5. The molecule has 1 aliphatic carbocycles. The average Bonchev–Trinajstić information content (AvgIpc) is 3.09. The first-order chi connectivity index (χ1) is 21.8. The standard InChI is InChI=1S/C42H32O2/c43-26-27-44-40-23-22-31-12-3-6-18-36(31)41(40)37-19-7-15-32-28-42(25-24-33(32)37,38-20-8-13-29-10-1-4-16-34(29)38)39-21-9-14-30-11-2-5-17-35(30)39/h1-25,43H,26-28H2. The molecule has 0 spiro atoms. The lowest BCUT2D eigenvalue weighted by Crippen LogP contribution is -2.31. The van der Waals surface area contributed by atoms with E-state index in [4.69, 9.17) is 4.74 Å². The first-order valence-electron chi connectivity index (χ1n) is 15.3. The van der Waals surface area contributed by atoms with Gasteiger partial charge in [-0.15, -0.1) is 0 Å². The zero-order valence-electron chi connectivity index (χ0n) is 24.4. The summed E-state index contributed by atoms with van der Waals surface area (Å²) >= 11 is 0. The van der Waals surface area contributed by atoms with Crippen LogP contribution in [0.25, 0.3) is 49.5 Å². The molecule has 0 atom stereocenters. The van der Waals surface area contributed by atoms with Gasteiger partial charge in [-0.05, 0) is 72.6 Å². The summed E-state index contributed by atoms with van der Waals surface area (Å²) in [6.07, 6.45) is 5.61. The fraction of sp³-hybridized carbons (Fsp3) is 0.0952. The molecule has 0 radical (unpaired) electrons. The highest BCUT2D eigenvalue weighted by molar-refractivity contribution is 6.02. The van der Waals surface area contributed by atoms with Gasteiger partial charge in [0.1, 0.15) is 12.4 Å². The molecule has 2 heteroatoms. The zero-order valence-corrected chi connectivity index (χ0v) is 24.4. The molecule has 2 nitrogen and oxygen atoms in total. The molecule has 0 amide bonds. The van der Waals surface area contributed by atoms with Crippen LogP contribution in [0, 0.1) is 0 Å². The van der Waals surface area contributed by atoms with E-state index in [-0.39, 0.29) is 18.6 Å². The van der Waals surface area contributed by atoms with Gasteiger partial charge in [0.15, 0.2) is 0 Å². The largest absolute Gasteiger partial charge is 0.491 e. The Morgan fingerprint density at radius 3 is 1.80 bits per heavy atom. The van der Waals surface area contributed by atoms with E-state index in [2.05, 4.69) is 146 Å². The highest BCUT2D eigenvalue weighted by Gasteiger charge is 2.38. The van der Waals surface area contributed by atoms with Crippen LogP contribution in [0.5, 0.6) is 5.75 Å². The molecule has 0 aliphatic heterocycles. The molecule has 212 valence electrons. The van der Waals surface area contributed by atoms with Gasteiger partial charge in [-0.25, -0.2) is 0 Å². The minimum absolute atomic E-state index is 0.0301. The summed E-state index contributed by atoms with van der Waals surface area (Å²) in [7, 11) is 0. The number of aliphatic hydroxyl groups is 1. The minimum atomic E-state index is -0.373. The molecule has 7 aromatic rings. The summed E-state index contributed by atoms with van der Waals surface area (Å²) in [5.74, 6) is 0.791. The monoisotopic (exact) mass is 568 g/mol. The van der Waals surface area contributed by atoms with Crippen molar-refractivity contribution in [1.29, 1.82) is 0 Å². The number of fused-ring (bicyclic) bond motifs is 4. The number of allylic oxidation sites excluding steroid dienone is 1. The lowest BCUT2D eigenvalue weighted by Gasteiger charge is -2.38. The highest BCUT2D eigenvalue weighted by Crippen LogP contribution is 2.49. The number of hydrogen-bond donors (Lipinski definition) is 1. The van der Waals surface area contributed by atoms with Crippen molar-refractivity contribution in [2.75, 3.05) is 13.2 Å². The van der Waals surface area contributed by atoms with E-state index in [0.29, 0.717) is 0 Å². The van der Waals surface area contributed by atoms with Gasteiger partial charge >= 0.3 is 0 Å². The van der Waals surface area contributed by atoms with Crippen molar-refractivity contribution < 1.29 is 9.84 Å². The predicted octanol–water partition coefficient (Wildman–Crippen LogP) is 9.74. The molecule has 44 heavy (non-hydrogen) atoms. The molecule has 1 aliphatic rings. The van der Waals surface area contributed by atoms with Gasteiger partial charge in [-0.3, -0.25) is 0 Å². The maximum absolute atomic E-state index is 9.58. The Hall–Kier alpha value is -5.18. The van der Waals surface area contributed by atoms with Crippen LogP contribution in [0.3, 0.4) is 0 Å². The Kier molecular flexibility index (Phi) is 6.51. The number of aliphatic hydroxyl groups excluding tert-OH is 1. The van der Waals surface area contributed by atoms with Gasteiger partial charge in [-0.1, -0.05) is 146 Å². The van der Waals surface area contributed by atoms with E-state index in [1.54, 1.807) is 0 Å². The smallest absolute Gasteiger partial charge is 0.127 e. The maximum atomic E-state index is 9.58. The Labute approximate surface area is 257 Å². The van der Waals surface area contributed by atoms with Gasteiger partial charge in [0.25, 0.3) is 0 Å². The van der Waals surface area contributed by atoms with E-state index in [1.165, 1.54) is 43.8 Å². The second-order valence-corrected chi connectivity index (χ2v) is 11.6. The molecule has 0 aromatic heterocycles. The van der Waals surface area contributed by atoms with E-state index < -0.39 is 0 Å². The number of hydrogen-bond acceptors (Lipinski definition) is 2.